The molecule has 3 N–H and O–H groups in total. The number of carbonyl (C=O) groups is 1. The molecule has 1 aromatic carbocycles. The van der Waals surface area contributed by atoms with Gasteiger partial charge in [-0.15, -0.1) is 0 Å². The van der Waals surface area contributed by atoms with Gasteiger partial charge in [0, 0.05) is 5.56 Å². The lowest BCUT2D eigenvalue weighted by molar-refractivity contribution is -0.179. The van der Waals surface area contributed by atoms with Crippen LogP contribution in [-0.2, 0) is 5.91 Å². The molecule has 4 nitrogen and oxygen atoms in total. The molecule has 0 aliphatic carbocycles. The van der Waals surface area contributed by atoms with Gasteiger partial charge >= 0.3 is 0 Å². The molecule has 5 heteroatoms. The molecule has 1 aliphatic rings. The van der Waals surface area contributed by atoms with Gasteiger partial charge in [0.15, 0.2) is 0 Å². The third kappa shape index (κ3) is 1.11. The molecule has 0 atom stereocenters. The molecule has 0 saturated heterocycles. The first-order valence-corrected chi connectivity index (χ1v) is 3.96. The van der Waals surface area contributed by atoms with Gasteiger partial charge in [0.25, 0.3) is 11.8 Å². The molecule has 0 saturated carbocycles. The Kier molecular flexibility index (Phi) is 1.60. The standard InChI is InChI=1S/C8H6ClNO3/c9-5-3-1-2-4-6(5)7(11)10-8(4,12)13/h1-3,12-13H,(H,10,11). The van der Waals surface area contributed by atoms with Crippen molar-refractivity contribution in [2.45, 2.75) is 5.91 Å². The minimum atomic E-state index is -2.29. The van der Waals surface area contributed by atoms with E-state index < -0.39 is 11.8 Å². The summed E-state index contributed by atoms with van der Waals surface area (Å²) in [5, 5.41) is 20.8. The van der Waals surface area contributed by atoms with Gasteiger partial charge in [0.1, 0.15) is 0 Å². The number of benzene rings is 1. The van der Waals surface area contributed by atoms with E-state index in [2.05, 4.69) is 0 Å². The Bertz CT molecular complexity index is 389. The molecule has 0 radical (unpaired) electrons. The molecule has 1 heterocycles. The molecule has 1 amide bonds. The normalized spacial score (nSPS) is 18.2. The highest BCUT2D eigenvalue weighted by atomic mass is 35.5. The first-order valence-electron chi connectivity index (χ1n) is 3.58. The van der Waals surface area contributed by atoms with Crippen molar-refractivity contribution in [3.05, 3.63) is 34.3 Å². The number of nitrogens with one attached hydrogen (secondary N) is 1. The summed E-state index contributed by atoms with van der Waals surface area (Å²) in [5.41, 5.74) is 0.208. The molecular weight excluding hydrogens is 194 g/mol. The minimum Gasteiger partial charge on any atom is -0.345 e. The maximum Gasteiger partial charge on any atom is 0.276 e. The van der Waals surface area contributed by atoms with Crippen molar-refractivity contribution in [2.75, 3.05) is 0 Å². The lowest BCUT2D eigenvalue weighted by Crippen LogP contribution is -2.38. The highest BCUT2D eigenvalue weighted by molar-refractivity contribution is 6.34. The zero-order chi connectivity index (χ0) is 9.64. The van der Waals surface area contributed by atoms with Gasteiger partial charge in [-0.25, -0.2) is 0 Å². The molecular formula is C8H6ClNO3. The molecule has 68 valence electrons. The van der Waals surface area contributed by atoms with E-state index in [0.717, 1.165) is 0 Å². The van der Waals surface area contributed by atoms with Crippen LogP contribution in [0.4, 0.5) is 0 Å². The second kappa shape index (κ2) is 2.45. The van der Waals surface area contributed by atoms with Crippen molar-refractivity contribution in [2.24, 2.45) is 0 Å². The summed E-state index contributed by atoms with van der Waals surface area (Å²) >= 11 is 5.71. The smallest absolute Gasteiger partial charge is 0.276 e. The van der Waals surface area contributed by atoms with Crippen LogP contribution in [0.1, 0.15) is 15.9 Å². The molecule has 1 aliphatic heterocycles. The third-order valence-electron chi connectivity index (χ3n) is 1.90. The van der Waals surface area contributed by atoms with Crippen LogP contribution in [0.2, 0.25) is 5.02 Å². The second-order valence-corrected chi connectivity index (χ2v) is 3.20. The van der Waals surface area contributed by atoms with Gasteiger partial charge < -0.3 is 10.2 Å². The maximum absolute atomic E-state index is 11.2. The zero-order valence-electron chi connectivity index (χ0n) is 6.41. The summed E-state index contributed by atoms with van der Waals surface area (Å²) in [5.74, 6) is -2.87. The average Bonchev–Trinajstić information content (AvgIpc) is 2.24. The summed E-state index contributed by atoms with van der Waals surface area (Å²) in [6.45, 7) is 0. The molecule has 0 bridgehead atoms. The fraction of sp³-hybridized carbons (Fsp3) is 0.125. The van der Waals surface area contributed by atoms with Crippen molar-refractivity contribution >= 4 is 17.5 Å². The first-order chi connectivity index (χ1) is 6.02. The Hall–Kier alpha value is -1.10. The van der Waals surface area contributed by atoms with Gasteiger partial charge in [-0.2, -0.15) is 0 Å². The molecule has 0 spiro atoms. The Balaban J connectivity index is 2.72. The molecule has 0 fully saturated rings. The molecule has 1 aromatic rings. The van der Waals surface area contributed by atoms with Crippen molar-refractivity contribution in [3.8, 4) is 0 Å². The highest BCUT2D eigenvalue weighted by Gasteiger charge is 2.40. The minimum absolute atomic E-state index is 0.0880. The van der Waals surface area contributed by atoms with E-state index in [4.69, 9.17) is 11.6 Å². The first kappa shape index (κ1) is 8.50. The van der Waals surface area contributed by atoms with Gasteiger partial charge in [-0.05, 0) is 6.07 Å². The van der Waals surface area contributed by atoms with Crippen LogP contribution in [0, 0.1) is 0 Å². The number of carbonyl (C=O) groups excluding carboxylic acids is 1. The Morgan fingerprint density at radius 3 is 2.69 bits per heavy atom. The van der Waals surface area contributed by atoms with Gasteiger partial charge in [-0.3, -0.25) is 10.1 Å². The number of rotatable bonds is 0. The van der Waals surface area contributed by atoms with E-state index >= 15 is 0 Å². The number of halogens is 1. The lowest BCUT2D eigenvalue weighted by Gasteiger charge is -2.14. The van der Waals surface area contributed by atoms with Gasteiger partial charge in [0.2, 0.25) is 0 Å². The summed E-state index contributed by atoms with van der Waals surface area (Å²) in [6, 6.07) is 4.49. The summed E-state index contributed by atoms with van der Waals surface area (Å²) < 4.78 is 0. The fourth-order valence-electron chi connectivity index (χ4n) is 1.33. The molecule has 0 unspecified atom stereocenters. The number of amides is 1. The zero-order valence-corrected chi connectivity index (χ0v) is 7.17. The van der Waals surface area contributed by atoms with Gasteiger partial charge in [-0.1, -0.05) is 23.7 Å². The van der Waals surface area contributed by atoms with Crippen LogP contribution in [0.25, 0.3) is 0 Å². The van der Waals surface area contributed by atoms with Crippen molar-refractivity contribution in [3.63, 3.8) is 0 Å². The van der Waals surface area contributed by atoms with Crippen LogP contribution >= 0.6 is 11.6 Å². The average molecular weight is 200 g/mol. The second-order valence-electron chi connectivity index (χ2n) is 2.79. The van der Waals surface area contributed by atoms with E-state index in [1.54, 1.807) is 6.07 Å². The van der Waals surface area contributed by atoms with E-state index in [0.29, 0.717) is 0 Å². The SMILES string of the molecule is O=C1NC(O)(O)c2cccc(Cl)c21. The van der Waals surface area contributed by atoms with E-state index in [-0.39, 0.29) is 16.1 Å². The van der Waals surface area contributed by atoms with Crippen LogP contribution in [0.15, 0.2) is 18.2 Å². The van der Waals surface area contributed by atoms with Crippen molar-refractivity contribution < 1.29 is 15.0 Å². The topological polar surface area (TPSA) is 69.6 Å². The lowest BCUT2D eigenvalue weighted by atomic mass is 10.1. The number of hydrogen-bond donors (Lipinski definition) is 3. The quantitative estimate of drug-likeness (QED) is 0.522. The van der Waals surface area contributed by atoms with Crippen molar-refractivity contribution in [1.29, 1.82) is 0 Å². The van der Waals surface area contributed by atoms with Crippen LogP contribution in [-0.4, -0.2) is 16.1 Å². The third-order valence-corrected chi connectivity index (χ3v) is 2.22. The van der Waals surface area contributed by atoms with E-state index in [1.807, 2.05) is 5.32 Å². The molecule has 0 aromatic heterocycles. The predicted molar refractivity (Wildman–Crippen MR) is 45.0 cm³/mol. The Morgan fingerprint density at radius 2 is 2.08 bits per heavy atom. The number of hydrogen-bond acceptors (Lipinski definition) is 3. The summed E-state index contributed by atoms with van der Waals surface area (Å²) in [7, 11) is 0. The Morgan fingerprint density at radius 1 is 1.38 bits per heavy atom. The van der Waals surface area contributed by atoms with Crippen LogP contribution in [0.5, 0.6) is 0 Å². The van der Waals surface area contributed by atoms with Crippen molar-refractivity contribution in [1.82, 2.24) is 5.32 Å². The highest BCUT2D eigenvalue weighted by Crippen LogP contribution is 2.31. The molecule has 2 rings (SSSR count). The summed E-state index contributed by atoms with van der Waals surface area (Å²) in [4.78, 5) is 11.2. The monoisotopic (exact) mass is 199 g/mol. The predicted octanol–water partition coefficient (Wildman–Crippen LogP) is 0.178. The van der Waals surface area contributed by atoms with Crippen LogP contribution < -0.4 is 5.32 Å². The van der Waals surface area contributed by atoms with E-state index in [9.17, 15) is 15.0 Å². The van der Waals surface area contributed by atoms with Gasteiger partial charge in [0.05, 0.1) is 10.6 Å². The number of aliphatic hydroxyl groups is 2. The van der Waals surface area contributed by atoms with E-state index in [1.165, 1.54) is 12.1 Å². The maximum atomic E-state index is 11.2. The molecule has 13 heavy (non-hydrogen) atoms. The summed E-state index contributed by atoms with van der Waals surface area (Å²) in [6.07, 6.45) is 0. The van der Waals surface area contributed by atoms with Crippen LogP contribution in [0.3, 0.4) is 0 Å². The Labute approximate surface area is 78.8 Å². The largest absolute Gasteiger partial charge is 0.345 e. The fourth-order valence-corrected chi connectivity index (χ4v) is 1.59. The number of fused-ring (bicyclic) bond motifs is 1.